The third-order valence-corrected chi connectivity index (χ3v) is 3.27. The third kappa shape index (κ3) is 3.41. The fourth-order valence-corrected chi connectivity index (χ4v) is 2.15. The molecule has 0 aliphatic heterocycles. The lowest BCUT2D eigenvalue weighted by atomic mass is 10.0. The Labute approximate surface area is 109 Å². The van der Waals surface area contributed by atoms with Crippen molar-refractivity contribution in [3.63, 3.8) is 0 Å². The highest BCUT2D eigenvalue weighted by atomic mass is 79.9. The number of nitriles is 2. The summed E-state index contributed by atoms with van der Waals surface area (Å²) in [5.74, 6) is 0.132. The van der Waals surface area contributed by atoms with E-state index in [0.717, 1.165) is 5.56 Å². The van der Waals surface area contributed by atoms with Gasteiger partial charge in [-0.3, -0.25) is 4.79 Å². The number of rotatable bonds is 4. The summed E-state index contributed by atoms with van der Waals surface area (Å²) < 4.78 is 0. The fourth-order valence-electron chi connectivity index (χ4n) is 1.45. The van der Waals surface area contributed by atoms with Crippen molar-refractivity contribution in [1.82, 2.24) is 0 Å². The fraction of sp³-hybridized carbons (Fsp3) is 0.308. The van der Waals surface area contributed by atoms with Crippen LogP contribution >= 0.6 is 15.9 Å². The number of alkyl halides is 1. The van der Waals surface area contributed by atoms with Gasteiger partial charge in [0.25, 0.3) is 0 Å². The molecule has 1 unspecified atom stereocenters. The number of hydrogen-bond acceptors (Lipinski definition) is 3. The maximum Gasteiger partial charge on any atom is 0.146 e. The van der Waals surface area contributed by atoms with Crippen molar-refractivity contribution in [1.29, 1.82) is 10.5 Å². The van der Waals surface area contributed by atoms with Crippen LogP contribution in [0.3, 0.4) is 0 Å². The number of hydrogen-bond donors (Lipinski definition) is 0. The summed E-state index contributed by atoms with van der Waals surface area (Å²) in [6.45, 7) is 1.82. The van der Waals surface area contributed by atoms with Gasteiger partial charge in [-0.2, -0.15) is 10.5 Å². The molecule has 1 aromatic carbocycles. The summed E-state index contributed by atoms with van der Waals surface area (Å²) >= 11 is 3.32. The minimum absolute atomic E-state index is 0.132. The summed E-state index contributed by atoms with van der Waals surface area (Å²) in [7, 11) is 0. The molecule has 0 radical (unpaired) electrons. The van der Waals surface area contributed by atoms with E-state index in [1.807, 2.05) is 19.1 Å². The molecule has 0 spiro atoms. The van der Waals surface area contributed by atoms with Crippen LogP contribution in [0.1, 0.15) is 30.0 Å². The number of benzene rings is 1. The molecule has 0 N–H and O–H groups in total. The smallest absolute Gasteiger partial charge is 0.146 e. The van der Waals surface area contributed by atoms with Gasteiger partial charge in [0.2, 0.25) is 0 Å². The summed E-state index contributed by atoms with van der Waals surface area (Å²) in [5.41, 5.74) is 1.60. The Morgan fingerprint density at radius 2 is 2.00 bits per heavy atom. The molecular weight excluding hydrogens is 280 g/mol. The molecule has 17 heavy (non-hydrogen) atoms. The molecule has 3 nitrogen and oxygen atoms in total. The topological polar surface area (TPSA) is 64.7 Å². The molecular formula is C13H11BrN2O. The standard InChI is InChI=1S/C13H11BrN2O/c1-2-13(17)12(14)6-9-3-4-10(7-15)11(5-9)8-16/h3-5,12H,2,6H2,1H3. The highest BCUT2D eigenvalue weighted by molar-refractivity contribution is 9.10. The summed E-state index contributed by atoms with van der Waals surface area (Å²) in [5, 5.41) is 17.7. The SMILES string of the molecule is CCC(=O)C(Br)Cc1ccc(C#N)c(C#N)c1. The Morgan fingerprint density at radius 1 is 1.35 bits per heavy atom. The van der Waals surface area contributed by atoms with Crippen LogP contribution in [0.15, 0.2) is 18.2 Å². The molecule has 4 heteroatoms. The quantitative estimate of drug-likeness (QED) is 0.801. The van der Waals surface area contributed by atoms with Crippen LogP contribution in [0.4, 0.5) is 0 Å². The van der Waals surface area contributed by atoms with E-state index in [2.05, 4.69) is 15.9 Å². The zero-order chi connectivity index (χ0) is 12.8. The first-order valence-corrected chi connectivity index (χ1v) is 6.13. The Bertz CT molecular complexity index is 511. The molecule has 1 rings (SSSR count). The molecule has 1 aromatic rings. The van der Waals surface area contributed by atoms with Gasteiger partial charge >= 0.3 is 0 Å². The molecule has 0 aliphatic carbocycles. The summed E-state index contributed by atoms with van der Waals surface area (Å²) in [4.78, 5) is 11.2. The first kappa shape index (κ1) is 13.4. The van der Waals surface area contributed by atoms with Crippen molar-refractivity contribution in [2.45, 2.75) is 24.6 Å². The number of carbonyl (C=O) groups is 1. The minimum atomic E-state index is -0.230. The van der Waals surface area contributed by atoms with Crippen LogP contribution in [-0.4, -0.2) is 10.6 Å². The molecule has 0 aromatic heterocycles. The molecule has 0 amide bonds. The summed E-state index contributed by atoms with van der Waals surface area (Å²) in [6.07, 6.45) is 1.02. The van der Waals surface area contributed by atoms with Crippen molar-refractivity contribution in [3.05, 3.63) is 34.9 Å². The molecule has 0 bridgehead atoms. The van der Waals surface area contributed by atoms with E-state index >= 15 is 0 Å². The van der Waals surface area contributed by atoms with Crippen LogP contribution < -0.4 is 0 Å². The second kappa shape index (κ2) is 6.18. The molecule has 86 valence electrons. The zero-order valence-electron chi connectivity index (χ0n) is 9.40. The maximum absolute atomic E-state index is 11.4. The number of halogens is 1. The molecule has 0 saturated carbocycles. The van der Waals surface area contributed by atoms with Gasteiger partial charge in [-0.1, -0.05) is 28.9 Å². The lowest BCUT2D eigenvalue weighted by molar-refractivity contribution is -0.118. The largest absolute Gasteiger partial charge is 0.298 e. The summed E-state index contributed by atoms with van der Waals surface area (Å²) in [6, 6.07) is 8.99. The van der Waals surface area contributed by atoms with Crippen LogP contribution in [0.5, 0.6) is 0 Å². The van der Waals surface area contributed by atoms with Crippen LogP contribution in [0.25, 0.3) is 0 Å². The van der Waals surface area contributed by atoms with Crippen LogP contribution in [-0.2, 0) is 11.2 Å². The molecule has 0 aliphatic rings. The molecule has 1 atom stereocenters. The van der Waals surface area contributed by atoms with Gasteiger partial charge in [-0.15, -0.1) is 0 Å². The van der Waals surface area contributed by atoms with Gasteiger partial charge in [0.15, 0.2) is 0 Å². The average molecular weight is 291 g/mol. The zero-order valence-corrected chi connectivity index (χ0v) is 11.0. The van der Waals surface area contributed by atoms with E-state index in [1.165, 1.54) is 0 Å². The van der Waals surface area contributed by atoms with E-state index in [1.54, 1.807) is 18.2 Å². The van der Waals surface area contributed by atoms with Crippen molar-refractivity contribution >= 4 is 21.7 Å². The Hall–Kier alpha value is -1.65. The normalized spacial score (nSPS) is 11.3. The van der Waals surface area contributed by atoms with Gasteiger partial charge < -0.3 is 0 Å². The lowest BCUT2D eigenvalue weighted by Crippen LogP contribution is -2.15. The first-order chi connectivity index (χ1) is 8.12. The van der Waals surface area contributed by atoms with Gasteiger partial charge in [0.05, 0.1) is 16.0 Å². The highest BCUT2D eigenvalue weighted by Crippen LogP contribution is 2.16. The van der Waals surface area contributed by atoms with Gasteiger partial charge in [0.1, 0.15) is 17.9 Å². The second-order valence-corrected chi connectivity index (χ2v) is 4.70. The van der Waals surface area contributed by atoms with Crippen molar-refractivity contribution in [2.24, 2.45) is 0 Å². The van der Waals surface area contributed by atoms with Crippen molar-refractivity contribution in [3.8, 4) is 12.1 Å². The average Bonchev–Trinajstić information content (AvgIpc) is 2.37. The van der Waals surface area contributed by atoms with Gasteiger partial charge in [-0.05, 0) is 24.1 Å². The monoisotopic (exact) mass is 290 g/mol. The number of carbonyl (C=O) groups excluding carboxylic acids is 1. The Balaban J connectivity index is 2.92. The number of ketones is 1. The second-order valence-electron chi connectivity index (χ2n) is 3.60. The van der Waals surface area contributed by atoms with Crippen molar-refractivity contribution in [2.75, 3.05) is 0 Å². The highest BCUT2D eigenvalue weighted by Gasteiger charge is 2.14. The maximum atomic E-state index is 11.4. The third-order valence-electron chi connectivity index (χ3n) is 2.44. The molecule has 0 heterocycles. The minimum Gasteiger partial charge on any atom is -0.298 e. The van der Waals surface area contributed by atoms with E-state index in [0.29, 0.717) is 24.0 Å². The first-order valence-electron chi connectivity index (χ1n) is 5.22. The van der Waals surface area contributed by atoms with E-state index < -0.39 is 0 Å². The van der Waals surface area contributed by atoms with Crippen molar-refractivity contribution < 1.29 is 4.79 Å². The van der Waals surface area contributed by atoms with Crippen LogP contribution in [0.2, 0.25) is 0 Å². The van der Waals surface area contributed by atoms with Crippen LogP contribution in [0, 0.1) is 22.7 Å². The van der Waals surface area contributed by atoms with Gasteiger partial charge in [-0.25, -0.2) is 0 Å². The Kier molecular flexibility index (Phi) is 4.87. The Morgan fingerprint density at radius 3 is 2.53 bits per heavy atom. The van der Waals surface area contributed by atoms with E-state index in [4.69, 9.17) is 10.5 Å². The predicted molar refractivity (Wildman–Crippen MR) is 67.6 cm³/mol. The van der Waals surface area contributed by atoms with Gasteiger partial charge in [0, 0.05) is 6.42 Å². The number of Topliss-reactive ketones (excluding diaryl/α,β-unsaturated/α-hetero) is 1. The van der Waals surface area contributed by atoms with E-state index in [-0.39, 0.29) is 10.6 Å². The predicted octanol–water partition coefficient (Wildman–Crippen LogP) is 2.72. The lowest BCUT2D eigenvalue weighted by Gasteiger charge is -2.08. The molecule has 0 fully saturated rings. The number of nitrogens with zero attached hydrogens (tertiary/aromatic N) is 2. The van der Waals surface area contributed by atoms with E-state index in [9.17, 15) is 4.79 Å². The molecule has 0 saturated heterocycles.